The van der Waals surface area contributed by atoms with Crippen LogP contribution in [0.4, 0.5) is 23.7 Å². The van der Waals surface area contributed by atoms with E-state index in [1.54, 1.807) is 41.1 Å². The Kier molecular flexibility index (Phi) is 6.50. The molecule has 184 valence electrons. The average Bonchev–Trinajstić information content (AvgIpc) is 3.48. The highest BCUT2D eigenvalue weighted by atomic mass is 35.5. The van der Waals surface area contributed by atoms with E-state index in [1.165, 1.54) is 6.07 Å². The molecule has 0 radical (unpaired) electrons. The van der Waals surface area contributed by atoms with E-state index in [1.807, 2.05) is 20.8 Å². The number of alkyl halides is 3. The van der Waals surface area contributed by atoms with Crippen molar-refractivity contribution >= 4 is 35.3 Å². The van der Waals surface area contributed by atoms with Gasteiger partial charge in [0.2, 0.25) is 0 Å². The second kappa shape index (κ2) is 8.84. The van der Waals surface area contributed by atoms with Crippen LogP contribution < -0.4 is 5.73 Å². The van der Waals surface area contributed by atoms with Crippen molar-refractivity contribution in [2.45, 2.75) is 55.8 Å². The van der Waals surface area contributed by atoms with Gasteiger partial charge in [-0.3, -0.25) is 0 Å². The van der Waals surface area contributed by atoms with Gasteiger partial charge in [-0.15, -0.1) is 0 Å². The molecule has 2 N–H and O–H groups in total. The molecule has 10 heteroatoms. The molecule has 2 aromatic carbocycles. The molecule has 0 atom stereocenters. The minimum absolute atomic E-state index is 0.0338. The largest absolute Gasteiger partial charge is 0.444 e. The van der Waals surface area contributed by atoms with Crippen molar-refractivity contribution in [3.8, 4) is 11.1 Å². The minimum Gasteiger partial charge on any atom is -0.444 e. The van der Waals surface area contributed by atoms with Crippen LogP contribution in [0.15, 0.2) is 41.3 Å². The highest BCUT2D eigenvalue weighted by Crippen LogP contribution is 2.49. The quantitative estimate of drug-likeness (QED) is 0.365. The lowest BCUT2D eigenvalue weighted by Crippen LogP contribution is -2.54. The van der Waals surface area contributed by atoms with E-state index in [2.05, 4.69) is 4.31 Å². The van der Waals surface area contributed by atoms with E-state index in [-0.39, 0.29) is 27.9 Å². The summed E-state index contributed by atoms with van der Waals surface area (Å²) in [6.07, 6.45) is -2.91. The van der Waals surface area contributed by atoms with Crippen LogP contribution in [0.5, 0.6) is 0 Å². The molecule has 2 aliphatic rings. The van der Waals surface area contributed by atoms with Gasteiger partial charge in [-0.1, -0.05) is 23.7 Å². The molecule has 1 spiro atoms. The third-order valence-corrected chi connectivity index (χ3v) is 7.41. The van der Waals surface area contributed by atoms with E-state index in [4.69, 9.17) is 22.1 Å². The number of hydrogen-bond acceptors (Lipinski definition) is 5. The Labute approximate surface area is 206 Å². The van der Waals surface area contributed by atoms with Gasteiger partial charge in [0.25, 0.3) is 0 Å². The molecule has 1 heterocycles. The summed E-state index contributed by atoms with van der Waals surface area (Å²) in [5, 5.41) is -0.0390. The molecule has 1 aliphatic carbocycles. The molecule has 1 saturated heterocycles. The maximum atomic E-state index is 13.6. The number of carbonyl (C=O) groups is 1. The van der Waals surface area contributed by atoms with E-state index >= 15 is 0 Å². The van der Waals surface area contributed by atoms with Gasteiger partial charge >= 0.3 is 12.3 Å². The van der Waals surface area contributed by atoms with Gasteiger partial charge in [0.05, 0.1) is 10.6 Å². The summed E-state index contributed by atoms with van der Waals surface area (Å²) in [4.78, 5) is 15.2. The summed E-state index contributed by atoms with van der Waals surface area (Å²) in [6, 6.07) is 9.12. The van der Waals surface area contributed by atoms with Crippen LogP contribution in [-0.2, 0) is 10.9 Å². The van der Waals surface area contributed by atoms with Gasteiger partial charge in [-0.25, -0.2) is 9.10 Å². The van der Waals surface area contributed by atoms with E-state index in [9.17, 15) is 18.0 Å². The Bertz CT molecular complexity index is 1080. The Morgan fingerprint density at radius 3 is 2.32 bits per heavy atom. The normalized spacial score (nSPS) is 18.3. The fourth-order valence-corrected chi connectivity index (χ4v) is 5.55. The monoisotopic (exact) mass is 513 g/mol. The van der Waals surface area contributed by atoms with Crippen molar-refractivity contribution in [1.82, 2.24) is 9.21 Å². The number of benzene rings is 2. The first-order chi connectivity index (χ1) is 15.8. The maximum absolute atomic E-state index is 13.6. The number of anilines is 1. The molecule has 2 fully saturated rings. The highest BCUT2D eigenvalue weighted by molar-refractivity contribution is 7.97. The maximum Gasteiger partial charge on any atom is 0.417 e. The molecule has 1 amide bonds. The van der Waals surface area contributed by atoms with Crippen molar-refractivity contribution in [1.29, 1.82) is 0 Å². The van der Waals surface area contributed by atoms with Gasteiger partial charge in [0, 0.05) is 41.3 Å². The van der Waals surface area contributed by atoms with Crippen LogP contribution in [0.3, 0.4) is 0 Å². The van der Waals surface area contributed by atoms with Gasteiger partial charge in [0.1, 0.15) is 5.60 Å². The molecule has 5 nitrogen and oxygen atoms in total. The third-order valence-electron chi connectivity index (χ3n) is 5.84. The Morgan fingerprint density at radius 2 is 1.76 bits per heavy atom. The van der Waals surface area contributed by atoms with Crippen molar-refractivity contribution in [2.75, 3.05) is 25.4 Å². The predicted molar refractivity (Wildman–Crippen MR) is 129 cm³/mol. The molecule has 1 aliphatic heterocycles. The molecule has 0 bridgehead atoms. The second-order valence-electron chi connectivity index (χ2n) is 9.77. The zero-order valence-electron chi connectivity index (χ0n) is 19.2. The number of rotatable bonds is 3. The highest BCUT2D eigenvalue weighted by Gasteiger charge is 2.53. The average molecular weight is 514 g/mol. The smallest absolute Gasteiger partial charge is 0.417 e. The van der Waals surface area contributed by atoms with Crippen molar-refractivity contribution < 1.29 is 22.7 Å². The number of amides is 1. The molecule has 4 rings (SSSR count). The van der Waals surface area contributed by atoms with E-state index < -0.39 is 17.3 Å². The summed E-state index contributed by atoms with van der Waals surface area (Å²) < 4.78 is 48.6. The summed E-state index contributed by atoms with van der Waals surface area (Å²) in [5.74, 6) is 0. The lowest BCUT2D eigenvalue weighted by Gasteiger charge is -2.41. The molecule has 34 heavy (non-hydrogen) atoms. The zero-order valence-corrected chi connectivity index (χ0v) is 20.8. The van der Waals surface area contributed by atoms with Crippen LogP contribution in [0.2, 0.25) is 5.02 Å². The molecular weight excluding hydrogens is 487 g/mol. The molecule has 0 aromatic heterocycles. The number of hydrogen-bond donors (Lipinski definition) is 1. The van der Waals surface area contributed by atoms with Crippen molar-refractivity contribution in [2.24, 2.45) is 0 Å². The second-order valence-corrected chi connectivity index (χ2v) is 11.3. The number of nitrogens with zero attached hydrogens (tertiary/aromatic N) is 2. The van der Waals surface area contributed by atoms with Crippen LogP contribution in [0.1, 0.15) is 39.2 Å². The number of piperazine rings is 1. The Morgan fingerprint density at radius 1 is 1.12 bits per heavy atom. The Hall–Kier alpha value is -2.10. The summed E-state index contributed by atoms with van der Waals surface area (Å²) in [7, 11) is 0. The zero-order chi connectivity index (χ0) is 24.9. The van der Waals surface area contributed by atoms with E-state index in [0.717, 1.165) is 23.8 Å². The summed E-state index contributed by atoms with van der Waals surface area (Å²) >= 11 is 7.72. The first-order valence-corrected chi connectivity index (χ1v) is 12.1. The summed E-state index contributed by atoms with van der Waals surface area (Å²) in [5.41, 5.74) is 4.37. The minimum atomic E-state index is -4.58. The van der Waals surface area contributed by atoms with Crippen LogP contribution in [-0.4, -0.2) is 46.1 Å². The molecule has 2 aromatic rings. The molecule has 0 unspecified atom stereocenters. The topological polar surface area (TPSA) is 58.8 Å². The van der Waals surface area contributed by atoms with Crippen LogP contribution in [0.25, 0.3) is 11.1 Å². The number of carbonyl (C=O) groups excluding carboxylic acids is 1. The van der Waals surface area contributed by atoms with Crippen molar-refractivity contribution in [3.05, 3.63) is 47.0 Å². The fourth-order valence-electron chi connectivity index (χ4n) is 4.09. The number of nitrogen functional groups attached to an aromatic ring is 1. The molecule has 1 saturated carbocycles. The van der Waals surface area contributed by atoms with E-state index in [0.29, 0.717) is 25.2 Å². The molecular formula is C24H27ClF3N3O2S. The standard InChI is InChI=1S/C24H27ClF3N3O2S/c1-22(2,3)33-21(32)30-10-11-31(23(14-30)8-9-23)34-17-6-4-15(5-7-17)20-18(24(26,27)28)12-16(29)13-19(20)25/h4-7,12-13H,8-11,14,29H2,1-3H3. The lowest BCUT2D eigenvalue weighted by molar-refractivity contribution is -0.137. The fraction of sp³-hybridized carbons (Fsp3) is 0.458. The van der Waals surface area contributed by atoms with Gasteiger partial charge < -0.3 is 15.4 Å². The van der Waals surface area contributed by atoms with Crippen LogP contribution in [0, 0.1) is 0 Å². The summed E-state index contributed by atoms with van der Waals surface area (Å²) in [6.45, 7) is 7.38. The first-order valence-electron chi connectivity index (χ1n) is 11.0. The number of halogens is 4. The predicted octanol–water partition coefficient (Wildman–Crippen LogP) is 6.70. The van der Waals surface area contributed by atoms with Gasteiger partial charge in [-0.2, -0.15) is 13.2 Å². The lowest BCUT2D eigenvalue weighted by atomic mass is 9.98. The SMILES string of the molecule is CC(C)(C)OC(=O)N1CCN(Sc2ccc(-c3c(Cl)cc(N)cc3C(F)(F)F)cc2)C2(CC2)C1. The van der Waals surface area contributed by atoms with Crippen molar-refractivity contribution in [3.63, 3.8) is 0 Å². The number of ether oxygens (including phenoxy) is 1. The van der Waals surface area contributed by atoms with Gasteiger partial charge in [-0.05, 0) is 75.4 Å². The number of nitrogens with two attached hydrogens (primary N) is 1. The third kappa shape index (κ3) is 5.42. The van der Waals surface area contributed by atoms with Gasteiger partial charge in [0.15, 0.2) is 0 Å². The Balaban J connectivity index is 1.48. The van der Waals surface area contributed by atoms with Crippen LogP contribution >= 0.6 is 23.5 Å². The first kappa shape index (κ1) is 25.0.